The lowest BCUT2D eigenvalue weighted by Crippen LogP contribution is -2.30. The number of aromatic nitrogens is 1. The molecule has 1 unspecified atom stereocenters. The third-order valence-corrected chi connectivity index (χ3v) is 2.91. The summed E-state index contributed by atoms with van der Waals surface area (Å²) in [6.07, 6.45) is -2.33. The molecular formula is C11H11BrF2N2. The maximum Gasteiger partial charge on any atom is 0.253 e. The zero-order valence-corrected chi connectivity index (χ0v) is 9.97. The molecule has 2 aromatic rings. The molecule has 1 atom stereocenters. The normalized spacial score (nSPS) is 13.6. The van der Waals surface area contributed by atoms with Gasteiger partial charge in [-0.15, -0.1) is 0 Å². The fourth-order valence-electron chi connectivity index (χ4n) is 1.62. The van der Waals surface area contributed by atoms with Crippen molar-refractivity contribution >= 4 is 26.8 Å². The number of hydrogen-bond donors (Lipinski definition) is 2. The first-order valence-corrected chi connectivity index (χ1v) is 5.66. The van der Waals surface area contributed by atoms with E-state index in [9.17, 15) is 8.78 Å². The summed E-state index contributed by atoms with van der Waals surface area (Å²) in [4.78, 5) is 3.07. The number of benzene rings is 1. The van der Waals surface area contributed by atoms with Crippen LogP contribution in [0.2, 0.25) is 0 Å². The molecule has 16 heavy (non-hydrogen) atoms. The lowest BCUT2D eigenvalue weighted by molar-refractivity contribution is 0.115. The molecular weight excluding hydrogens is 278 g/mol. The highest BCUT2D eigenvalue weighted by atomic mass is 79.9. The Labute approximate surface area is 100.0 Å². The molecule has 1 aromatic carbocycles. The molecule has 0 saturated heterocycles. The number of nitrogens with one attached hydrogen (secondary N) is 1. The highest BCUT2D eigenvalue weighted by Gasteiger charge is 2.16. The van der Waals surface area contributed by atoms with Crippen molar-refractivity contribution in [3.05, 3.63) is 34.4 Å². The molecule has 0 fully saturated rings. The first-order chi connectivity index (χ1) is 7.56. The molecule has 5 heteroatoms. The number of fused-ring (bicyclic) bond motifs is 1. The highest BCUT2D eigenvalue weighted by Crippen LogP contribution is 2.21. The number of H-pyrrole nitrogens is 1. The summed E-state index contributed by atoms with van der Waals surface area (Å²) in [5.41, 5.74) is 6.99. The molecule has 0 bridgehead atoms. The fraction of sp³-hybridized carbons (Fsp3) is 0.273. The second-order valence-corrected chi connectivity index (χ2v) is 4.64. The van der Waals surface area contributed by atoms with Gasteiger partial charge in [-0.05, 0) is 24.3 Å². The van der Waals surface area contributed by atoms with Gasteiger partial charge in [-0.1, -0.05) is 15.9 Å². The van der Waals surface area contributed by atoms with E-state index in [0.29, 0.717) is 0 Å². The van der Waals surface area contributed by atoms with Crippen molar-refractivity contribution in [3.63, 3.8) is 0 Å². The number of aromatic amines is 1. The van der Waals surface area contributed by atoms with Crippen molar-refractivity contribution in [1.29, 1.82) is 0 Å². The highest BCUT2D eigenvalue weighted by molar-refractivity contribution is 9.10. The van der Waals surface area contributed by atoms with E-state index in [1.807, 2.05) is 24.3 Å². The average Bonchev–Trinajstić information content (AvgIpc) is 2.58. The van der Waals surface area contributed by atoms with Gasteiger partial charge in [0.25, 0.3) is 6.43 Å². The molecule has 0 aliphatic heterocycles. The summed E-state index contributed by atoms with van der Waals surface area (Å²) in [6, 6.07) is 6.47. The van der Waals surface area contributed by atoms with Gasteiger partial charge in [0.1, 0.15) is 0 Å². The van der Waals surface area contributed by atoms with E-state index in [1.54, 1.807) is 0 Å². The van der Waals surface area contributed by atoms with Crippen molar-refractivity contribution < 1.29 is 8.78 Å². The second kappa shape index (κ2) is 4.51. The molecule has 1 heterocycles. The summed E-state index contributed by atoms with van der Waals surface area (Å²) < 4.78 is 25.5. The molecule has 2 rings (SSSR count). The number of rotatable bonds is 3. The number of halogens is 3. The third-order valence-electron chi connectivity index (χ3n) is 2.42. The van der Waals surface area contributed by atoms with Gasteiger partial charge in [0.2, 0.25) is 0 Å². The molecule has 0 aliphatic carbocycles. The monoisotopic (exact) mass is 288 g/mol. The molecule has 86 valence electrons. The van der Waals surface area contributed by atoms with E-state index in [4.69, 9.17) is 5.73 Å². The van der Waals surface area contributed by atoms with Crippen LogP contribution in [0.25, 0.3) is 10.9 Å². The van der Waals surface area contributed by atoms with E-state index in [1.165, 1.54) is 0 Å². The Morgan fingerprint density at radius 1 is 1.31 bits per heavy atom. The van der Waals surface area contributed by atoms with Gasteiger partial charge in [-0.25, -0.2) is 8.78 Å². The van der Waals surface area contributed by atoms with Gasteiger partial charge >= 0.3 is 0 Å². The molecule has 1 aromatic heterocycles. The van der Waals surface area contributed by atoms with Gasteiger partial charge in [0, 0.05) is 27.5 Å². The molecule has 0 saturated carbocycles. The summed E-state index contributed by atoms with van der Waals surface area (Å²) >= 11 is 3.36. The lowest BCUT2D eigenvalue weighted by Gasteiger charge is -2.07. The van der Waals surface area contributed by atoms with Crippen molar-refractivity contribution in [3.8, 4) is 0 Å². The zero-order valence-electron chi connectivity index (χ0n) is 8.38. The van der Waals surface area contributed by atoms with Crippen LogP contribution in [0.1, 0.15) is 5.69 Å². The lowest BCUT2D eigenvalue weighted by atomic mass is 10.1. The van der Waals surface area contributed by atoms with Crippen molar-refractivity contribution in [2.24, 2.45) is 5.73 Å². The van der Waals surface area contributed by atoms with Crippen LogP contribution in [0.3, 0.4) is 0 Å². The minimum absolute atomic E-state index is 0.157. The largest absolute Gasteiger partial charge is 0.358 e. The second-order valence-electron chi connectivity index (χ2n) is 3.73. The van der Waals surface area contributed by atoms with E-state index >= 15 is 0 Å². The smallest absolute Gasteiger partial charge is 0.253 e. The Bertz CT molecular complexity index is 496. The van der Waals surface area contributed by atoms with Crippen LogP contribution < -0.4 is 5.73 Å². The number of nitrogens with two attached hydrogens (primary N) is 1. The quantitative estimate of drug-likeness (QED) is 0.896. The Morgan fingerprint density at radius 3 is 2.75 bits per heavy atom. The van der Waals surface area contributed by atoms with Gasteiger partial charge in [-0.3, -0.25) is 0 Å². The van der Waals surface area contributed by atoms with Crippen molar-refractivity contribution in [2.45, 2.75) is 18.9 Å². The van der Waals surface area contributed by atoms with Crippen LogP contribution in [-0.2, 0) is 6.42 Å². The summed E-state index contributed by atoms with van der Waals surface area (Å²) in [6.45, 7) is 0. The van der Waals surface area contributed by atoms with E-state index in [-0.39, 0.29) is 6.42 Å². The minimum atomic E-state index is -2.49. The Balaban J connectivity index is 2.26. The van der Waals surface area contributed by atoms with E-state index in [2.05, 4.69) is 20.9 Å². The zero-order chi connectivity index (χ0) is 11.7. The number of hydrogen-bond acceptors (Lipinski definition) is 1. The van der Waals surface area contributed by atoms with Crippen LogP contribution in [-0.4, -0.2) is 17.5 Å². The minimum Gasteiger partial charge on any atom is -0.358 e. The Hall–Kier alpha value is -0.940. The van der Waals surface area contributed by atoms with E-state index in [0.717, 1.165) is 21.1 Å². The molecule has 3 N–H and O–H groups in total. The SMILES string of the molecule is NC(Cc1cc2cc(Br)ccc2[nH]1)C(F)F. The molecule has 0 radical (unpaired) electrons. The van der Waals surface area contributed by atoms with Gasteiger partial charge < -0.3 is 10.7 Å². The number of alkyl halides is 2. The maximum absolute atomic E-state index is 12.3. The first-order valence-electron chi connectivity index (χ1n) is 4.87. The summed E-state index contributed by atoms with van der Waals surface area (Å²) in [5.74, 6) is 0. The Kier molecular flexibility index (Phi) is 3.25. The summed E-state index contributed by atoms with van der Waals surface area (Å²) in [5, 5.41) is 0.992. The first kappa shape index (κ1) is 11.5. The molecule has 0 spiro atoms. The van der Waals surface area contributed by atoms with Crippen LogP contribution in [0.15, 0.2) is 28.7 Å². The molecule has 0 aliphatic rings. The average molecular weight is 289 g/mol. The predicted octanol–water partition coefficient (Wildman–Crippen LogP) is 3.07. The van der Waals surface area contributed by atoms with Crippen molar-refractivity contribution in [1.82, 2.24) is 4.98 Å². The van der Waals surface area contributed by atoms with Gasteiger partial charge in [-0.2, -0.15) is 0 Å². The van der Waals surface area contributed by atoms with Crippen LogP contribution in [0, 0.1) is 0 Å². The molecule has 0 amide bonds. The van der Waals surface area contributed by atoms with E-state index < -0.39 is 12.5 Å². The fourth-order valence-corrected chi connectivity index (χ4v) is 2.00. The molecule has 2 nitrogen and oxygen atoms in total. The van der Waals surface area contributed by atoms with Crippen LogP contribution in [0.5, 0.6) is 0 Å². The third kappa shape index (κ3) is 2.41. The van der Waals surface area contributed by atoms with Crippen molar-refractivity contribution in [2.75, 3.05) is 0 Å². The Morgan fingerprint density at radius 2 is 2.06 bits per heavy atom. The topological polar surface area (TPSA) is 41.8 Å². The standard InChI is InChI=1S/C11H11BrF2N2/c12-7-1-2-10-6(3-7)4-8(16-10)5-9(15)11(13)14/h1-4,9,11,16H,5,15H2. The maximum atomic E-state index is 12.3. The van der Waals surface area contributed by atoms with Gasteiger partial charge in [0.15, 0.2) is 0 Å². The summed E-state index contributed by atoms with van der Waals surface area (Å²) in [7, 11) is 0. The predicted molar refractivity (Wildman–Crippen MR) is 63.7 cm³/mol. The van der Waals surface area contributed by atoms with Gasteiger partial charge in [0.05, 0.1) is 6.04 Å². The van der Waals surface area contributed by atoms with Crippen LogP contribution >= 0.6 is 15.9 Å². The van der Waals surface area contributed by atoms with Crippen LogP contribution in [0.4, 0.5) is 8.78 Å².